The Kier molecular flexibility index (Phi) is 5.76. The van der Waals surface area contributed by atoms with Crippen LogP contribution in [-0.4, -0.2) is 48.4 Å². The highest BCUT2D eigenvalue weighted by atomic mass is 35.5. The SMILES string of the molecule is CC(C)(C)C(=O)N1CCN(CCc2ccc(Cl)cc2Cl)CC1. The number of carbonyl (C=O) groups excluding carboxylic acids is 1. The van der Waals surface area contributed by atoms with Crippen molar-refractivity contribution < 1.29 is 4.79 Å². The van der Waals surface area contributed by atoms with Crippen LogP contribution in [0.15, 0.2) is 18.2 Å². The van der Waals surface area contributed by atoms with Gasteiger partial charge in [-0.3, -0.25) is 9.69 Å². The fourth-order valence-corrected chi connectivity index (χ4v) is 3.15. The van der Waals surface area contributed by atoms with Crippen molar-refractivity contribution >= 4 is 29.1 Å². The number of piperazine rings is 1. The highest BCUT2D eigenvalue weighted by Crippen LogP contribution is 2.22. The lowest BCUT2D eigenvalue weighted by Crippen LogP contribution is -2.51. The monoisotopic (exact) mass is 342 g/mol. The van der Waals surface area contributed by atoms with E-state index in [0.29, 0.717) is 5.02 Å². The van der Waals surface area contributed by atoms with Gasteiger partial charge in [-0.05, 0) is 24.1 Å². The fourth-order valence-electron chi connectivity index (χ4n) is 2.65. The second-order valence-electron chi connectivity index (χ2n) is 6.87. The average Bonchev–Trinajstić information content (AvgIpc) is 2.45. The van der Waals surface area contributed by atoms with Crippen LogP contribution in [0.3, 0.4) is 0 Å². The molecule has 0 aliphatic carbocycles. The van der Waals surface area contributed by atoms with Gasteiger partial charge < -0.3 is 4.90 Å². The Bertz CT molecular complexity index is 532. The summed E-state index contributed by atoms with van der Waals surface area (Å²) in [7, 11) is 0. The Labute approximate surface area is 143 Å². The zero-order chi connectivity index (χ0) is 16.3. The quantitative estimate of drug-likeness (QED) is 0.835. The lowest BCUT2D eigenvalue weighted by atomic mass is 9.94. The third kappa shape index (κ3) is 4.61. The van der Waals surface area contributed by atoms with Gasteiger partial charge in [-0.15, -0.1) is 0 Å². The van der Waals surface area contributed by atoms with Crippen LogP contribution in [0, 0.1) is 5.41 Å². The number of benzene rings is 1. The standard InChI is InChI=1S/C17H24Cl2N2O/c1-17(2,3)16(22)21-10-8-20(9-11-21)7-6-13-4-5-14(18)12-15(13)19/h4-5,12H,6-11H2,1-3H3. The molecule has 1 aromatic rings. The number of carbonyl (C=O) groups is 1. The Morgan fingerprint density at radius 3 is 2.32 bits per heavy atom. The van der Waals surface area contributed by atoms with E-state index in [0.717, 1.165) is 49.7 Å². The predicted molar refractivity (Wildman–Crippen MR) is 92.6 cm³/mol. The predicted octanol–water partition coefficient (Wildman–Crippen LogP) is 3.73. The fraction of sp³-hybridized carbons (Fsp3) is 0.588. The maximum Gasteiger partial charge on any atom is 0.228 e. The van der Waals surface area contributed by atoms with E-state index in [4.69, 9.17) is 23.2 Å². The van der Waals surface area contributed by atoms with Crippen molar-refractivity contribution in [2.24, 2.45) is 5.41 Å². The molecule has 0 N–H and O–H groups in total. The molecule has 0 saturated carbocycles. The number of rotatable bonds is 3. The minimum Gasteiger partial charge on any atom is -0.340 e. The van der Waals surface area contributed by atoms with Crippen LogP contribution in [0.1, 0.15) is 26.3 Å². The molecule has 5 heteroatoms. The van der Waals surface area contributed by atoms with Crippen molar-refractivity contribution in [3.8, 4) is 0 Å². The van der Waals surface area contributed by atoms with Crippen molar-refractivity contribution in [1.29, 1.82) is 0 Å². The molecule has 2 rings (SSSR count). The summed E-state index contributed by atoms with van der Waals surface area (Å²) in [4.78, 5) is 16.6. The van der Waals surface area contributed by atoms with Gasteiger partial charge >= 0.3 is 0 Å². The second-order valence-corrected chi connectivity index (χ2v) is 7.71. The minimum absolute atomic E-state index is 0.243. The third-order valence-corrected chi connectivity index (χ3v) is 4.60. The molecule has 3 nitrogen and oxygen atoms in total. The molecule has 1 aliphatic rings. The molecule has 1 aromatic carbocycles. The molecule has 0 atom stereocenters. The van der Waals surface area contributed by atoms with E-state index >= 15 is 0 Å². The van der Waals surface area contributed by atoms with Crippen molar-refractivity contribution in [3.05, 3.63) is 33.8 Å². The van der Waals surface area contributed by atoms with Crippen LogP contribution in [-0.2, 0) is 11.2 Å². The first-order valence-corrected chi connectivity index (χ1v) is 8.48. The molecule has 0 bridgehead atoms. The summed E-state index contributed by atoms with van der Waals surface area (Å²) in [6, 6.07) is 5.66. The molecule has 1 fully saturated rings. The van der Waals surface area contributed by atoms with E-state index < -0.39 is 0 Å². The van der Waals surface area contributed by atoms with Gasteiger partial charge in [0.25, 0.3) is 0 Å². The summed E-state index contributed by atoms with van der Waals surface area (Å²) >= 11 is 12.1. The summed E-state index contributed by atoms with van der Waals surface area (Å²) in [5.41, 5.74) is 0.832. The normalized spacial score (nSPS) is 16.9. The largest absolute Gasteiger partial charge is 0.340 e. The highest BCUT2D eigenvalue weighted by Gasteiger charge is 2.29. The second kappa shape index (κ2) is 7.20. The van der Waals surface area contributed by atoms with Crippen molar-refractivity contribution in [1.82, 2.24) is 9.80 Å². The van der Waals surface area contributed by atoms with E-state index in [9.17, 15) is 4.79 Å². The van der Waals surface area contributed by atoms with Gasteiger partial charge in [-0.1, -0.05) is 50.0 Å². The van der Waals surface area contributed by atoms with Crippen molar-refractivity contribution in [2.45, 2.75) is 27.2 Å². The summed E-state index contributed by atoms with van der Waals surface area (Å²) < 4.78 is 0. The van der Waals surface area contributed by atoms with Gasteiger partial charge in [0.2, 0.25) is 5.91 Å². The van der Waals surface area contributed by atoms with Crippen LogP contribution in [0.4, 0.5) is 0 Å². The van der Waals surface area contributed by atoms with E-state index in [1.807, 2.05) is 37.8 Å². The molecule has 0 radical (unpaired) electrons. The first-order chi connectivity index (χ1) is 10.3. The maximum absolute atomic E-state index is 12.3. The van der Waals surface area contributed by atoms with Crippen LogP contribution in [0.25, 0.3) is 0 Å². The first-order valence-electron chi connectivity index (χ1n) is 7.73. The van der Waals surface area contributed by atoms with Crippen LogP contribution in [0.2, 0.25) is 10.0 Å². The maximum atomic E-state index is 12.3. The van der Waals surface area contributed by atoms with E-state index in [-0.39, 0.29) is 11.3 Å². The van der Waals surface area contributed by atoms with Gasteiger partial charge in [0.1, 0.15) is 0 Å². The highest BCUT2D eigenvalue weighted by molar-refractivity contribution is 6.35. The minimum atomic E-state index is -0.293. The van der Waals surface area contributed by atoms with Crippen molar-refractivity contribution in [3.63, 3.8) is 0 Å². The van der Waals surface area contributed by atoms with Crippen LogP contribution >= 0.6 is 23.2 Å². The van der Waals surface area contributed by atoms with Gasteiger partial charge in [0.15, 0.2) is 0 Å². The molecule has 22 heavy (non-hydrogen) atoms. The van der Waals surface area contributed by atoms with E-state index in [2.05, 4.69) is 4.90 Å². The van der Waals surface area contributed by atoms with Gasteiger partial charge in [0, 0.05) is 48.2 Å². The molecule has 0 aromatic heterocycles. The number of nitrogens with zero attached hydrogens (tertiary/aromatic N) is 2. The van der Waals surface area contributed by atoms with Crippen LogP contribution < -0.4 is 0 Å². The average molecular weight is 343 g/mol. The van der Waals surface area contributed by atoms with Crippen LogP contribution in [0.5, 0.6) is 0 Å². The van der Waals surface area contributed by atoms with Gasteiger partial charge in [-0.2, -0.15) is 0 Å². The van der Waals surface area contributed by atoms with Crippen molar-refractivity contribution in [2.75, 3.05) is 32.7 Å². The lowest BCUT2D eigenvalue weighted by Gasteiger charge is -2.37. The van der Waals surface area contributed by atoms with Gasteiger partial charge in [-0.25, -0.2) is 0 Å². The molecule has 122 valence electrons. The summed E-state index contributed by atoms with van der Waals surface area (Å²) in [5, 5.41) is 1.40. The Morgan fingerprint density at radius 1 is 1.14 bits per heavy atom. The number of hydrogen-bond acceptors (Lipinski definition) is 2. The molecular formula is C17H24Cl2N2O. The Hall–Kier alpha value is -0.770. The zero-order valence-corrected chi connectivity index (χ0v) is 15.0. The smallest absolute Gasteiger partial charge is 0.228 e. The summed E-state index contributed by atoms with van der Waals surface area (Å²) in [5.74, 6) is 0.243. The molecule has 1 heterocycles. The molecular weight excluding hydrogens is 319 g/mol. The van der Waals surface area contributed by atoms with E-state index in [1.54, 1.807) is 6.07 Å². The number of hydrogen-bond donors (Lipinski definition) is 0. The number of halogens is 2. The molecule has 1 aliphatic heterocycles. The Morgan fingerprint density at radius 2 is 1.77 bits per heavy atom. The van der Waals surface area contributed by atoms with E-state index in [1.165, 1.54) is 0 Å². The molecule has 0 unspecified atom stereocenters. The summed E-state index contributed by atoms with van der Waals surface area (Å²) in [6.45, 7) is 10.4. The lowest BCUT2D eigenvalue weighted by molar-refractivity contribution is -0.141. The van der Waals surface area contributed by atoms with Gasteiger partial charge in [0.05, 0.1) is 0 Å². The Balaban J connectivity index is 1.82. The molecule has 0 spiro atoms. The summed E-state index contributed by atoms with van der Waals surface area (Å²) in [6.07, 6.45) is 0.906. The number of amides is 1. The molecule has 1 amide bonds. The third-order valence-electron chi connectivity index (χ3n) is 4.01. The zero-order valence-electron chi connectivity index (χ0n) is 13.5. The first kappa shape index (κ1) is 17.6. The molecule has 1 saturated heterocycles. The topological polar surface area (TPSA) is 23.6 Å².